The quantitative estimate of drug-likeness (QED) is 0.876. The molecule has 0 saturated carbocycles. The van der Waals surface area contributed by atoms with E-state index < -0.39 is 0 Å². The Kier molecular flexibility index (Phi) is 3.59. The third-order valence-corrected chi connectivity index (χ3v) is 2.92. The third kappa shape index (κ3) is 2.94. The third-order valence-electron chi connectivity index (χ3n) is 2.92. The van der Waals surface area contributed by atoms with Crippen molar-refractivity contribution in [3.63, 3.8) is 0 Å². The van der Waals surface area contributed by atoms with Crippen LogP contribution < -0.4 is 5.32 Å². The molecule has 0 saturated heterocycles. The Morgan fingerprint density at radius 1 is 1.29 bits per heavy atom. The molecule has 2 aromatic rings. The van der Waals surface area contributed by atoms with Gasteiger partial charge in [0, 0.05) is 18.9 Å². The number of nitrogens with one attached hydrogen (secondary N) is 1. The van der Waals surface area contributed by atoms with Crippen LogP contribution in [0.4, 0.5) is 0 Å². The van der Waals surface area contributed by atoms with Gasteiger partial charge in [0.1, 0.15) is 11.5 Å². The molecule has 1 N–H and O–H groups in total. The molecule has 0 aliphatic rings. The highest BCUT2D eigenvalue weighted by Gasteiger charge is 2.09. The molecule has 2 heterocycles. The van der Waals surface area contributed by atoms with Crippen LogP contribution in [-0.4, -0.2) is 4.98 Å². The van der Waals surface area contributed by atoms with Crippen molar-refractivity contribution in [3.8, 4) is 0 Å². The first-order valence-electron chi connectivity index (χ1n) is 5.86. The van der Waals surface area contributed by atoms with Gasteiger partial charge >= 0.3 is 0 Å². The minimum Gasteiger partial charge on any atom is -0.465 e. The van der Waals surface area contributed by atoms with E-state index >= 15 is 0 Å². The van der Waals surface area contributed by atoms with E-state index in [4.69, 9.17) is 4.42 Å². The summed E-state index contributed by atoms with van der Waals surface area (Å²) in [4.78, 5) is 4.09. The van der Waals surface area contributed by atoms with Crippen molar-refractivity contribution in [2.45, 2.75) is 33.4 Å². The largest absolute Gasteiger partial charge is 0.465 e. The second-order valence-corrected chi connectivity index (χ2v) is 4.35. The number of aryl methyl sites for hydroxylation is 2. The summed E-state index contributed by atoms with van der Waals surface area (Å²) in [5.74, 6) is 1.93. The molecule has 0 radical (unpaired) electrons. The summed E-state index contributed by atoms with van der Waals surface area (Å²) in [5.41, 5.74) is 2.48. The van der Waals surface area contributed by atoms with Crippen molar-refractivity contribution in [1.82, 2.24) is 10.3 Å². The maximum Gasteiger partial charge on any atom is 0.120 e. The topological polar surface area (TPSA) is 38.1 Å². The second kappa shape index (κ2) is 5.15. The highest BCUT2D eigenvalue weighted by molar-refractivity contribution is 5.21. The molecule has 0 spiro atoms. The molecule has 1 atom stereocenters. The van der Waals surface area contributed by atoms with Crippen LogP contribution in [-0.2, 0) is 6.54 Å². The van der Waals surface area contributed by atoms with E-state index in [1.54, 1.807) is 0 Å². The molecule has 2 rings (SSSR count). The molecule has 0 aromatic carbocycles. The van der Waals surface area contributed by atoms with Crippen LogP contribution in [0.3, 0.4) is 0 Å². The van der Waals surface area contributed by atoms with E-state index in [9.17, 15) is 0 Å². The highest BCUT2D eigenvalue weighted by Crippen LogP contribution is 2.16. The molecule has 0 aliphatic heterocycles. The van der Waals surface area contributed by atoms with Gasteiger partial charge in [-0.05, 0) is 50.1 Å². The van der Waals surface area contributed by atoms with Crippen molar-refractivity contribution < 1.29 is 4.42 Å². The molecule has 2 aromatic heterocycles. The molecule has 0 fully saturated rings. The Morgan fingerprint density at radius 2 is 2.12 bits per heavy atom. The standard InChI is InChI=1S/C14H18N2O/c1-10-8-15-7-6-13(10)9-16-12(3)14-5-4-11(2)17-14/h4-8,12,16H,9H2,1-3H3. The van der Waals surface area contributed by atoms with Crippen molar-refractivity contribution >= 4 is 0 Å². The van der Waals surface area contributed by atoms with Crippen LogP contribution in [0.1, 0.15) is 35.6 Å². The van der Waals surface area contributed by atoms with Crippen LogP contribution in [0.25, 0.3) is 0 Å². The van der Waals surface area contributed by atoms with Gasteiger partial charge in [-0.25, -0.2) is 0 Å². The smallest absolute Gasteiger partial charge is 0.120 e. The lowest BCUT2D eigenvalue weighted by atomic mass is 10.1. The summed E-state index contributed by atoms with van der Waals surface area (Å²) in [6.45, 7) is 6.97. The molecule has 3 heteroatoms. The van der Waals surface area contributed by atoms with Gasteiger partial charge in [-0.2, -0.15) is 0 Å². The summed E-state index contributed by atoms with van der Waals surface area (Å²) in [6, 6.07) is 6.27. The average Bonchev–Trinajstić information content (AvgIpc) is 2.74. The average molecular weight is 230 g/mol. The molecule has 3 nitrogen and oxygen atoms in total. The molecular formula is C14H18N2O. The number of nitrogens with zero attached hydrogens (tertiary/aromatic N) is 1. The van der Waals surface area contributed by atoms with Crippen molar-refractivity contribution in [2.24, 2.45) is 0 Å². The van der Waals surface area contributed by atoms with Gasteiger partial charge < -0.3 is 9.73 Å². The van der Waals surface area contributed by atoms with Crippen LogP contribution in [0.5, 0.6) is 0 Å². The van der Waals surface area contributed by atoms with Gasteiger partial charge in [0.15, 0.2) is 0 Å². The Hall–Kier alpha value is -1.61. The van der Waals surface area contributed by atoms with Gasteiger partial charge in [0.2, 0.25) is 0 Å². The zero-order valence-electron chi connectivity index (χ0n) is 10.5. The monoisotopic (exact) mass is 230 g/mol. The fourth-order valence-electron chi connectivity index (χ4n) is 1.75. The predicted octanol–water partition coefficient (Wildman–Crippen LogP) is 3.14. The Morgan fingerprint density at radius 3 is 2.76 bits per heavy atom. The van der Waals surface area contributed by atoms with Crippen molar-refractivity contribution in [2.75, 3.05) is 0 Å². The van der Waals surface area contributed by atoms with Gasteiger partial charge in [-0.3, -0.25) is 4.98 Å². The van der Waals surface area contributed by atoms with Gasteiger partial charge in [0.05, 0.1) is 6.04 Å². The van der Waals surface area contributed by atoms with E-state index in [0.717, 1.165) is 18.1 Å². The van der Waals surface area contributed by atoms with Crippen LogP contribution in [0.15, 0.2) is 35.0 Å². The number of hydrogen-bond acceptors (Lipinski definition) is 3. The lowest BCUT2D eigenvalue weighted by Gasteiger charge is -2.12. The first kappa shape index (κ1) is 11.9. The first-order chi connectivity index (χ1) is 8.16. The van der Waals surface area contributed by atoms with Gasteiger partial charge in [-0.1, -0.05) is 0 Å². The van der Waals surface area contributed by atoms with E-state index in [-0.39, 0.29) is 6.04 Å². The molecule has 0 aliphatic carbocycles. The van der Waals surface area contributed by atoms with Gasteiger partial charge in [0.25, 0.3) is 0 Å². The SMILES string of the molecule is Cc1ccc(C(C)NCc2ccncc2C)o1. The summed E-state index contributed by atoms with van der Waals surface area (Å²) in [6.07, 6.45) is 3.71. The molecule has 0 bridgehead atoms. The zero-order valence-corrected chi connectivity index (χ0v) is 10.5. The molecule has 0 amide bonds. The van der Waals surface area contributed by atoms with E-state index in [1.807, 2.05) is 37.5 Å². The Balaban J connectivity index is 1.97. The fraction of sp³-hybridized carbons (Fsp3) is 0.357. The van der Waals surface area contributed by atoms with E-state index in [0.29, 0.717) is 0 Å². The minimum atomic E-state index is 0.219. The highest BCUT2D eigenvalue weighted by atomic mass is 16.3. The van der Waals surface area contributed by atoms with E-state index in [2.05, 4.69) is 24.1 Å². The summed E-state index contributed by atoms with van der Waals surface area (Å²) >= 11 is 0. The minimum absolute atomic E-state index is 0.219. The predicted molar refractivity (Wildman–Crippen MR) is 67.7 cm³/mol. The van der Waals surface area contributed by atoms with Gasteiger partial charge in [-0.15, -0.1) is 0 Å². The lowest BCUT2D eigenvalue weighted by Crippen LogP contribution is -2.18. The number of furan rings is 1. The van der Waals surface area contributed by atoms with E-state index in [1.165, 1.54) is 11.1 Å². The Labute approximate surface area is 102 Å². The van der Waals surface area contributed by atoms with Crippen molar-refractivity contribution in [1.29, 1.82) is 0 Å². The van der Waals surface area contributed by atoms with Crippen LogP contribution >= 0.6 is 0 Å². The van der Waals surface area contributed by atoms with Crippen LogP contribution in [0.2, 0.25) is 0 Å². The fourth-order valence-corrected chi connectivity index (χ4v) is 1.75. The van der Waals surface area contributed by atoms with Crippen molar-refractivity contribution in [3.05, 3.63) is 53.2 Å². The molecule has 1 unspecified atom stereocenters. The summed E-state index contributed by atoms with van der Waals surface area (Å²) in [7, 11) is 0. The maximum absolute atomic E-state index is 5.59. The molecule has 17 heavy (non-hydrogen) atoms. The number of pyridine rings is 1. The molecular weight excluding hydrogens is 212 g/mol. The lowest BCUT2D eigenvalue weighted by molar-refractivity contribution is 0.415. The van der Waals surface area contributed by atoms with Crippen LogP contribution in [0, 0.1) is 13.8 Å². The number of rotatable bonds is 4. The zero-order chi connectivity index (χ0) is 12.3. The molecule has 90 valence electrons. The summed E-state index contributed by atoms with van der Waals surface area (Å²) < 4.78 is 5.59. The number of hydrogen-bond donors (Lipinski definition) is 1. The Bertz CT molecular complexity index is 490. The summed E-state index contributed by atoms with van der Waals surface area (Å²) in [5, 5.41) is 3.45. The maximum atomic E-state index is 5.59. The first-order valence-corrected chi connectivity index (χ1v) is 5.86. The number of aromatic nitrogens is 1. The second-order valence-electron chi connectivity index (χ2n) is 4.35. The normalized spacial score (nSPS) is 12.6.